The Bertz CT molecular complexity index is 496. The van der Waals surface area contributed by atoms with Gasteiger partial charge < -0.3 is 5.32 Å². The molecule has 4 heteroatoms. The van der Waals surface area contributed by atoms with Crippen molar-refractivity contribution < 1.29 is 0 Å². The van der Waals surface area contributed by atoms with Gasteiger partial charge in [-0.25, -0.2) is 0 Å². The highest BCUT2D eigenvalue weighted by Gasteiger charge is 2.14. The predicted octanol–water partition coefficient (Wildman–Crippen LogP) is 3.72. The quantitative estimate of drug-likeness (QED) is 0.931. The van der Waals surface area contributed by atoms with Gasteiger partial charge in [-0.05, 0) is 53.0 Å². The number of hydrogen-bond acceptors (Lipinski definition) is 3. The van der Waals surface area contributed by atoms with Crippen molar-refractivity contribution >= 4 is 27.3 Å². The van der Waals surface area contributed by atoms with Gasteiger partial charge in [-0.3, -0.25) is 4.98 Å². The van der Waals surface area contributed by atoms with Crippen molar-refractivity contribution in [3.63, 3.8) is 0 Å². The molecule has 0 saturated heterocycles. The van der Waals surface area contributed by atoms with Crippen LogP contribution in [0, 0.1) is 6.92 Å². The topological polar surface area (TPSA) is 24.9 Å². The highest BCUT2D eigenvalue weighted by molar-refractivity contribution is 9.10. The largest absolute Gasteiger partial charge is 0.313 e. The molecule has 0 radical (unpaired) electrons. The summed E-state index contributed by atoms with van der Waals surface area (Å²) in [5.41, 5.74) is 2.37. The number of halogens is 1. The zero-order valence-corrected chi connectivity index (χ0v) is 12.3. The molecule has 0 aliphatic heterocycles. The fourth-order valence-electron chi connectivity index (χ4n) is 1.89. The summed E-state index contributed by atoms with van der Waals surface area (Å²) in [6.07, 6.45) is 2.83. The SMILES string of the molecule is CNC(Cc1sccc1Br)c1cccnc1C. The van der Waals surface area contributed by atoms with Crippen LogP contribution in [0.25, 0.3) is 0 Å². The van der Waals surface area contributed by atoms with Gasteiger partial charge >= 0.3 is 0 Å². The summed E-state index contributed by atoms with van der Waals surface area (Å²) in [7, 11) is 2.00. The first kappa shape index (κ1) is 12.7. The van der Waals surface area contributed by atoms with E-state index < -0.39 is 0 Å². The van der Waals surface area contributed by atoms with Gasteiger partial charge in [-0.1, -0.05) is 6.07 Å². The maximum Gasteiger partial charge on any atom is 0.0420 e. The Morgan fingerprint density at radius 1 is 1.47 bits per heavy atom. The lowest BCUT2D eigenvalue weighted by atomic mass is 10.0. The molecule has 2 rings (SSSR count). The smallest absolute Gasteiger partial charge is 0.0420 e. The second kappa shape index (κ2) is 5.76. The van der Waals surface area contributed by atoms with Crippen molar-refractivity contribution in [2.24, 2.45) is 0 Å². The molecule has 0 spiro atoms. The van der Waals surface area contributed by atoms with Crippen LogP contribution in [-0.4, -0.2) is 12.0 Å². The Hall–Kier alpha value is -0.710. The van der Waals surface area contributed by atoms with E-state index in [1.165, 1.54) is 14.9 Å². The van der Waals surface area contributed by atoms with Gasteiger partial charge in [0, 0.05) is 33.7 Å². The van der Waals surface area contributed by atoms with E-state index in [0.29, 0.717) is 6.04 Å². The number of hydrogen-bond donors (Lipinski definition) is 1. The molecule has 0 bridgehead atoms. The molecule has 1 unspecified atom stereocenters. The van der Waals surface area contributed by atoms with Crippen molar-refractivity contribution in [2.75, 3.05) is 7.05 Å². The second-order valence-corrected chi connectivity index (χ2v) is 5.77. The number of nitrogens with one attached hydrogen (secondary N) is 1. The first-order valence-electron chi connectivity index (χ1n) is 5.53. The predicted molar refractivity (Wildman–Crippen MR) is 76.5 cm³/mol. The molecule has 0 aromatic carbocycles. The number of thiophene rings is 1. The molecular weight excluding hydrogens is 296 g/mol. The Labute approximate surface area is 114 Å². The van der Waals surface area contributed by atoms with Crippen molar-refractivity contribution in [2.45, 2.75) is 19.4 Å². The van der Waals surface area contributed by atoms with Crippen LogP contribution in [0.5, 0.6) is 0 Å². The van der Waals surface area contributed by atoms with Gasteiger partial charge in [0.15, 0.2) is 0 Å². The Morgan fingerprint density at radius 2 is 2.29 bits per heavy atom. The van der Waals surface area contributed by atoms with E-state index in [0.717, 1.165) is 12.1 Å². The molecule has 1 N–H and O–H groups in total. The van der Waals surface area contributed by atoms with E-state index >= 15 is 0 Å². The third-order valence-corrected chi connectivity index (χ3v) is 4.80. The molecule has 0 aliphatic carbocycles. The van der Waals surface area contributed by atoms with Crippen molar-refractivity contribution in [1.29, 1.82) is 0 Å². The molecule has 0 saturated carbocycles. The average Bonchev–Trinajstić information content (AvgIpc) is 2.73. The van der Waals surface area contributed by atoms with Gasteiger partial charge in [0.05, 0.1) is 0 Å². The van der Waals surface area contributed by atoms with Crippen molar-refractivity contribution in [3.05, 3.63) is 50.4 Å². The van der Waals surface area contributed by atoms with Crippen LogP contribution >= 0.6 is 27.3 Å². The van der Waals surface area contributed by atoms with E-state index in [-0.39, 0.29) is 0 Å². The van der Waals surface area contributed by atoms with Crippen LogP contribution in [-0.2, 0) is 6.42 Å². The molecule has 2 nitrogen and oxygen atoms in total. The zero-order chi connectivity index (χ0) is 12.3. The lowest BCUT2D eigenvalue weighted by Crippen LogP contribution is -2.19. The average molecular weight is 311 g/mol. The number of nitrogens with zero attached hydrogens (tertiary/aromatic N) is 1. The monoisotopic (exact) mass is 310 g/mol. The number of aryl methyl sites for hydroxylation is 1. The van der Waals surface area contributed by atoms with E-state index in [2.05, 4.69) is 50.7 Å². The summed E-state index contributed by atoms with van der Waals surface area (Å²) >= 11 is 5.37. The lowest BCUT2D eigenvalue weighted by Gasteiger charge is -2.17. The Kier molecular flexibility index (Phi) is 4.31. The minimum Gasteiger partial charge on any atom is -0.313 e. The lowest BCUT2D eigenvalue weighted by molar-refractivity contribution is 0.589. The minimum absolute atomic E-state index is 0.318. The molecule has 0 aliphatic rings. The van der Waals surface area contributed by atoms with Gasteiger partial charge in [0.1, 0.15) is 0 Å². The molecule has 0 fully saturated rings. The first-order chi connectivity index (χ1) is 8.22. The van der Waals surface area contributed by atoms with Crippen LogP contribution in [0.2, 0.25) is 0 Å². The van der Waals surface area contributed by atoms with Crippen molar-refractivity contribution in [1.82, 2.24) is 10.3 Å². The van der Waals surface area contributed by atoms with E-state index in [1.54, 1.807) is 11.3 Å². The number of pyridine rings is 1. The number of rotatable bonds is 4. The Morgan fingerprint density at radius 3 is 2.88 bits per heavy atom. The fraction of sp³-hybridized carbons (Fsp3) is 0.308. The van der Waals surface area contributed by atoms with Gasteiger partial charge in [0.25, 0.3) is 0 Å². The summed E-state index contributed by atoms with van der Waals surface area (Å²) in [5.74, 6) is 0. The van der Waals surface area contributed by atoms with Crippen LogP contribution in [0.15, 0.2) is 34.2 Å². The summed E-state index contributed by atoms with van der Waals surface area (Å²) in [6.45, 7) is 2.06. The molecule has 2 aromatic heterocycles. The molecule has 17 heavy (non-hydrogen) atoms. The maximum atomic E-state index is 4.35. The fourth-order valence-corrected chi connectivity index (χ4v) is 3.45. The number of aromatic nitrogens is 1. The zero-order valence-electron chi connectivity index (χ0n) is 9.90. The molecule has 0 amide bonds. The molecule has 1 atom stereocenters. The molecule has 90 valence electrons. The third kappa shape index (κ3) is 2.94. The van der Waals surface area contributed by atoms with Crippen LogP contribution in [0.1, 0.15) is 22.2 Å². The van der Waals surface area contributed by atoms with Gasteiger partial charge in [0.2, 0.25) is 0 Å². The van der Waals surface area contributed by atoms with E-state index in [1.807, 2.05) is 19.3 Å². The summed E-state index contributed by atoms with van der Waals surface area (Å²) in [5, 5.41) is 5.48. The van der Waals surface area contributed by atoms with Crippen LogP contribution < -0.4 is 5.32 Å². The maximum absolute atomic E-state index is 4.35. The first-order valence-corrected chi connectivity index (χ1v) is 7.20. The van der Waals surface area contributed by atoms with Gasteiger partial charge in [-0.2, -0.15) is 0 Å². The normalized spacial score (nSPS) is 12.6. The molecule has 2 aromatic rings. The van der Waals surface area contributed by atoms with E-state index in [9.17, 15) is 0 Å². The minimum atomic E-state index is 0.318. The molecule has 2 heterocycles. The summed E-state index contributed by atoms with van der Waals surface area (Å²) < 4.78 is 1.20. The second-order valence-electron chi connectivity index (χ2n) is 3.92. The highest BCUT2D eigenvalue weighted by atomic mass is 79.9. The van der Waals surface area contributed by atoms with Crippen LogP contribution in [0.4, 0.5) is 0 Å². The van der Waals surface area contributed by atoms with Gasteiger partial charge in [-0.15, -0.1) is 11.3 Å². The Balaban J connectivity index is 2.23. The highest BCUT2D eigenvalue weighted by Crippen LogP contribution is 2.28. The third-order valence-electron chi connectivity index (χ3n) is 2.85. The van der Waals surface area contributed by atoms with Crippen molar-refractivity contribution in [3.8, 4) is 0 Å². The van der Waals surface area contributed by atoms with E-state index in [4.69, 9.17) is 0 Å². The summed E-state index contributed by atoms with van der Waals surface area (Å²) in [6, 6.07) is 6.56. The molecular formula is C13H15BrN2S. The standard InChI is InChI=1S/C13H15BrN2S/c1-9-10(4-3-6-16-9)12(15-2)8-13-11(14)5-7-17-13/h3-7,12,15H,8H2,1-2H3. The summed E-state index contributed by atoms with van der Waals surface area (Å²) in [4.78, 5) is 5.72. The number of likely N-dealkylation sites (N-methyl/N-ethyl adjacent to an activating group) is 1. The van der Waals surface area contributed by atoms with Crippen LogP contribution in [0.3, 0.4) is 0 Å².